The number of rotatable bonds is 5. The summed E-state index contributed by atoms with van der Waals surface area (Å²) in [7, 11) is 0. The fourth-order valence-corrected chi connectivity index (χ4v) is 2.00. The van der Waals surface area contributed by atoms with E-state index >= 15 is 0 Å². The normalized spacial score (nSPS) is 10.3. The smallest absolute Gasteiger partial charge is 0.334 e. The van der Waals surface area contributed by atoms with Gasteiger partial charge in [0.05, 0.1) is 4.92 Å². The maximum atomic E-state index is 13.3. The number of benzene rings is 1. The van der Waals surface area contributed by atoms with Gasteiger partial charge >= 0.3 is 5.69 Å². The molecule has 10 heteroatoms. The first-order valence-corrected chi connectivity index (χ1v) is 6.94. The molecule has 0 aliphatic rings. The Hall–Kier alpha value is -3.69. The molecule has 3 aromatic rings. The zero-order chi connectivity index (χ0) is 17.8. The number of halogens is 2. The molecule has 0 unspecified atom stereocenters. The highest BCUT2D eigenvalue weighted by Gasteiger charge is 2.23. The first-order chi connectivity index (χ1) is 12.0. The van der Waals surface area contributed by atoms with Crippen LogP contribution in [0.4, 0.5) is 37.6 Å². The third-order valence-electron chi connectivity index (χ3n) is 3.10. The molecular formula is C15H10F2N6O2. The quantitative estimate of drug-likeness (QED) is 0.538. The molecule has 0 fully saturated rings. The predicted octanol–water partition coefficient (Wildman–Crippen LogP) is 3.55. The van der Waals surface area contributed by atoms with Crippen LogP contribution < -0.4 is 10.6 Å². The molecule has 0 saturated carbocycles. The second-order valence-corrected chi connectivity index (χ2v) is 4.77. The van der Waals surface area contributed by atoms with Crippen LogP contribution in [0.1, 0.15) is 0 Å². The van der Waals surface area contributed by atoms with Gasteiger partial charge in [-0.05, 0) is 24.3 Å². The molecular weight excluding hydrogens is 334 g/mol. The zero-order valence-corrected chi connectivity index (χ0v) is 12.5. The van der Waals surface area contributed by atoms with Crippen molar-refractivity contribution in [3.05, 3.63) is 70.7 Å². The molecule has 25 heavy (non-hydrogen) atoms. The number of aromatic nitrogens is 3. The Bertz CT molecular complexity index is 923. The second kappa shape index (κ2) is 6.83. The van der Waals surface area contributed by atoms with Crippen LogP contribution in [0, 0.1) is 21.7 Å². The Morgan fingerprint density at radius 2 is 1.72 bits per heavy atom. The summed E-state index contributed by atoms with van der Waals surface area (Å²) in [6.45, 7) is 0. The Kier molecular flexibility index (Phi) is 4.42. The molecule has 0 aliphatic heterocycles. The van der Waals surface area contributed by atoms with E-state index in [0.29, 0.717) is 5.82 Å². The van der Waals surface area contributed by atoms with Crippen LogP contribution in [0.15, 0.2) is 48.9 Å². The van der Waals surface area contributed by atoms with E-state index in [1.54, 1.807) is 18.2 Å². The minimum Gasteiger partial charge on any atom is -0.334 e. The van der Waals surface area contributed by atoms with E-state index in [1.165, 1.54) is 12.3 Å². The van der Waals surface area contributed by atoms with Gasteiger partial charge in [-0.1, -0.05) is 6.07 Å². The molecule has 0 atom stereocenters. The number of hydrogen-bond acceptors (Lipinski definition) is 7. The van der Waals surface area contributed by atoms with Gasteiger partial charge in [0, 0.05) is 18.0 Å². The third kappa shape index (κ3) is 3.63. The lowest BCUT2D eigenvalue weighted by Crippen LogP contribution is -2.06. The number of nitrogens with zero attached hydrogens (tertiary/aromatic N) is 4. The molecule has 0 bridgehead atoms. The SMILES string of the molecule is O=[N+]([O-])c1c(Nc2ccc(F)c(F)c2)ncnc1Nc1ccccn1. The average molecular weight is 344 g/mol. The van der Waals surface area contributed by atoms with E-state index < -0.39 is 22.2 Å². The van der Waals surface area contributed by atoms with Crippen molar-refractivity contribution < 1.29 is 13.7 Å². The second-order valence-electron chi connectivity index (χ2n) is 4.77. The van der Waals surface area contributed by atoms with Crippen molar-refractivity contribution in [1.82, 2.24) is 15.0 Å². The number of pyridine rings is 1. The summed E-state index contributed by atoms with van der Waals surface area (Å²) in [4.78, 5) is 22.4. The molecule has 0 amide bonds. The fourth-order valence-electron chi connectivity index (χ4n) is 2.00. The molecule has 2 heterocycles. The van der Waals surface area contributed by atoms with Crippen molar-refractivity contribution in [3.63, 3.8) is 0 Å². The molecule has 0 saturated heterocycles. The van der Waals surface area contributed by atoms with Crippen molar-refractivity contribution in [2.45, 2.75) is 0 Å². The third-order valence-corrected chi connectivity index (χ3v) is 3.10. The molecule has 0 aliphatic carbocycles. The van der Waals surface area contributed by atoms with Gasteiger partial charge in [-0.2, -0.15) is 0 Å². The number of anilines is 4. The highest BCUT2D eigenvalue weighted by atomic mass is 19.2. The highest BCUT2D eigenvalue weighted by Crippen LogP contribution is 2.32. The van der Waals surface area contributed by atoms with E-state index in [0.717, 1.165) is 18.5 Å². The van der Waals surface area contributed by atoms with Crippen LogP contribution in [0.2, 0.25) is 0 Å². The van der Waals surface area contributed by atoms with E-state index in [1.807, 2.05) is 0 Å². The van der Waals surface area contributed by atoms with E-state index in [-0.39, 0.29) is 17.3 Å². The van der Waals surface area contributed by atoms with Gasteiger partial charge in [0.2, 0.25) is 11.6 Å². The lowest BCUT2D eigenvalue weighted by atomic mass is 10.3. The van der Waals surface area contributed by atoms with Crippen molar-refractivity contribution in [2.24, 2.45) is 0 Å². The number of hydrogen-bond donors (Lipinski definition) is 2. The fraction of sp³-hybridized carbons (Fsp3) is 0. The molecule has 1 aromatic carbocycles. The minimum atomic E-state index is -1.09. The van der Waals surface area contributed by atoms with Gasteiger partial charge in [-0.15, -0.1) is 0 Å². The molecule has 2 aromatic heterocycles. The summed E-state index contributed by atoms with van der Waals surface area (Å²) in [5, 5.41) is 16.7. The summed E-state index contributed by atoms with van der Waals surface area (Å²) in [5.74, 6) is -2.04. The Morgan fingerprint density at radius 3 is 2.36 bits per heavy atom. The average Bonchev–Trinajstić information content (AvgIpc) is 2.59. The molecule has 0 spiro atoms. The number of nitro groups is 1. The van der Waals surface area contributed by atoms with Crippen LogP contribution in [-0.2, 0) is 0 Å². The Balaban J connectivity index is 1.97. The van der Waals surface area contributed by atoms with E-state index in [4.69, 9.17) is 0 Å². The van der Waals surface area contributed by atoms with Crippen LogP contribution in [0.3, 0.4) is 0 Å². The predicted molar refractivity (Wildman–Crippen MR) is 85.8 cm³/mol. The largest absolute Gasteiger partial charge is 0.353 e. The van der Waals surface area contributed by atoms with Crippen LogP contribution in [0.25, 0.3) is 0 Å². The molecule has 8 nitrogen and oxygen atoms in total. The minimum absolute atomic E-state index is 0.0937. The first-order valence-electron chi connectivity index (χ1n) is 6.94. The molecule has 2 N–H and O–H groups in total. The van der Waals surface area contributed by atoms with E-state index in [9.17, 15) is 18.9 Å². The number of nitrogens with one attached hydrogen (secondary N) is 2. The molecule has 126 valence electrons. The standard InChI is InChI=1S/C15H10F2N6O2/c16-10-5-4-9(7-11(10)17)21-14-13(23(24)25)15(20-8-19-14)22-12-3-1-2-6-18-12/h1-8H,(H2,18,19,20,21,22). The monoisotopic (exact) mass is 344 g/mol. The maximum absolute atomic E-state index is 13.3. The van der Waals surface area contributed by atoms with Gasteiger partial charge in [-0.25, -0.2) is 23.7 Å². The highest BCUT2D eigenvalue weighted by molar-refractivity contribution is 5.76. The van der Waals surface area contributed by atoms with Gasteiger partial charge in [0.15, 0.2) is 11.6 Å². The summed E-state index contributed by atoms with van der Waals surface area (Å²) >= 11 is 0. The van der Waals surface area contributed by atoms with Crippen molar-refractivity contribution >= 4 is 28.8 Å². The van der Waals surface area contributed by atoms with Crippen molar-refractivity contribution in [1.29, 1.82) is 0 Å². The van der Waals surface area contributed by atoms with Gasteiger partial charge in [0.1, 0.15) is 12.1 Å². The Morgan fingerprint density at radius 1 is 0.960 bits per heavy atom. The summed E-state index contributed by atoms with van der Waals surface area (Å²) in [6, 6.07) is 7.99. The van der Waals surface area contributed by atoms with Gasteiger partial charge in [0.25, 0.3) is 0 Å². The summed E-state index contributed by atoms with van der Waals surface area (Å²) < 4.78 is 26.3. The summed E-state index contributed by atoms with van der Waals surface area (Å²) in [6.07, 6.45) is 2.61. The first kappa shape index (κ1) is 16.2. The lowest BCUT2D eigenvalue weighted by Gasteiger charge is -2.09. The van der Waals surface area contributed by atoms with E-state index in [2.05, 4.69) is 25.6 Å². The molecule has 3 rings (SSSR count). The van der Waals surface area contributed by atoms with Crippen molar-refractivity contribution in [2.75, 3.05) is 10.6 Å². The maximum Gasteiger partial charge on any atom is 0.353 e. The Labute approximate surface area is 139 Å². The van der Waals surface area contributed by atoms with Crippen LogP contribution in [0.5, 0.6) is 0 Å². The summed E-state index contributed by atoms with van der Waals surface area (Å²) in [5.41, 5.74) is -0.359. The molecule has 0 radical (unpaired) electrons. The van der Waals surface area contributed by atoms with Crippen molar-refractivity contribution in [3.8, 4) is 0 Å². The lowest BCUT2D eigenvalue weighted by molar-refractivity contribution is -0.383. The van der Waals surface area contributed by atoms with Crippen LogP contribution >= 0.6 is 0 Å². The van der Waals surface area contributed by atoms with Crippen LogP contribution in [-0.4, -0.2) is 19.9 Å². The van der Waals surface area contributed by atoms with Gasteiger partial charge in [-0.3, -0.25) is 10.1 Å². The topological polar surface area (TPSA) is 106 Å². The van der Waals surface area contributed by atoms with Gasteiger partial charge < -0.3 is 10.6 Å². The zero-order valence-electron chi connectivity index (χ0n) is 12.5.